The van der Waals surface area contributed by atoms with E-state index in [2.05, 4.69) is 15.2 Å². The number of carbonyl (C=O) groups excluding carboxylic acids is 1. The van der Waals surface area contributed by atoms with Gasteiger partial charge in [0.05, 0.1) is 36.8 Å². The molecule has 1 saturated carbocycles. The molecule has 1 aromatic carbocycles. The second-order valence-corrected chi connectivity index (χ2v) is 9.40. The van der Waals surface area contributed by atoms with Crippen LogP contribution in [-0.2, 0) is 6.54 Å². The van der Waals surface area contributed by atoms with Crippen LogP contribution in [0.3, 0.4) is 0 Å². The fourth-order valence-corrected chi connectivity index (χ4v) is 4.60. The van der Waals surface area contributed by atoms with Gasteiger partial charge in [0.1, 0.15) is 23.2 Å². The third-order valence-electron chi connectivity index (χ3n) is 6.85. The van der Waals surface area contributed by atoms with Crippen LogP contribution in [-0.4, -0.2) is 63.7 Å². The maximum absolute atomic E-state index is 13.2. The van der Waals surface area contributed by atoms with E-state index in [4.69, 9.17) is 0 Å². The smallest absolute Gasteiger partial charge is 0.264 e. The lowest BCUT2D eigenvalue weighted by Crippen LogP contribution is -2.49. The number of likely N-dealkylation sites (tertiary alicyclic amines) is 1. The largest absolute Gasteiger partial charge is 0.388 e. The summed E-state index contributed by atoms with van der Waals surface area (Å²) in [6, 6.07) is 5.86. The van der Waals surface area contributed by atoms with Gasteiger partial charge in [-0.2, -0.15) is 10.2 Å². The number of aromatic nitrogens is 6. The molecule has 0 spiro atoms. The van der Waals surface area contributed by atoms with Crippen molar-refractivity contribution in [3.63, 3.8) is 0 Å². The first kappa shape index (κ1) is 21.7. The van der Waals surface area contributed by atoms with E-state index in [1.165, 1.54) is 41.4 Å². The zero-order valence-corrected chi connectivity index (χ0v) is 18.9. The lowest BCUT2D eigenvalue weighted by Gasteiger charge is -2.38. The highest BCUT2D eigenvalue weighted by atomic mass is 19.1. The maximum atomic E-state index is 13.2. The molecule has 6 rings (SSSR count). The zero-order chi connectivity index (χ0) is 24.2. The summed E-state index contributed by atoms with van der Waals surface area (Å²) in [5.41, 5.74) is 0.151. The van der Waals surface area contributed by atoms with Crippen LogP contribution in [0, 0.1) is 5.82 Å². The number of nitrogens with zero attached hydrogens (tertiary/aromatic N) is 7. The van der Waals surface area contributed by atoms with E-state index in [-0.39, 0.29) is 18.0 Å². The minimum absolute atomic E-state index is 0.0676. The first-order chi connectivity index (χ1) is 16.9. The summed E-state index contributed by atoms with van der Waals surface area (Å²) >= 11 is 0. The van der Waals surface area contributed by atoms with Gasteiger partial charge in [0.2, 0.25) is 0 Å². The molecule has 1 N–H and O–H groups in total. The van der Waals surface area contributed by atoms with E-state index in [0.29, 0.717) is 48.6 Å². The number of halogens is 1. The topological polar surface area (TPSA) is 111 Å². The predicted octanol–water partition coefficient (Wildman–Crippen LogP) is 1.92. The standard InChI is InChI=1S/C24H24FN7O3/c25-17-3-1-16(2-4-17)22(33)29-9-7-24(35,8-10-29)14-30-15-26-21-20(23(30)34)12-28-32(21)19-11-27-31(13-19)18-5-6-18/h1-4,11-13,15,18,35H,5-10,14H2. The second kappa shape index (κ2) is 8.12. The van der Waals surface area contributed by atoms with E-state index in [1.54, 1.807) is 15.8 Å². The van der Waals surface area contributed by atoms with Crippen LogP contribution >= 0.6 is 0 Å². The quantitative estimate of drug-likeness (QED) is 0.470. The van der Waals surface area contributed by atoms with Crippen molar-refractivity contribution in [2.75, 3.05) is 13.1 Å². The molecule has 1 aliphatic heterocycles. The lowest BCUT2D eigenvalue weighted by atomic mass is 9.91. The van der Waals surface area contributed by atoms with Crippen molar-refractivity contribution in [3.05, 3.63) is 70.9 Å². The zero-order valence-electron chi connectivity index (χ0n) is 18.9. The molecule has 4 heterocycles. The van der Waals surface area contributed by atoms with E-state index in [9.17, 15) is 19.1 Å². The Morgan fingerprint density at radius 1 is 1.11 bits per heavy atom. The Balaban J connectivity index is 1.17. The molecule has 2 aliphatic rings. The predicted molar refractivity (Wildman–Crippen MR) is 124 cm³/mol. The van der Waals surface area contributed by atoms with Crippen molar-refractivity contribution in [1.82, 2.24) is 34.0 Å². The van der Waals surface area contributed by atoms with Crippen LogP contribution < -0.4 is 5.56 Å². The number of hydrogen-bond donors (Lipinski definition) is 1. The Morgan fingerprint density at radius 2 is 1.86 bits per heavy atom. The molecule has 180 valence electrons. The van der Waals surface area contributed by atoms with Gasteiger partial charge in [0.15, 0.2) is 5.65 Å². The Kier molecular flexibility index (Phi) is 5.03. The fraction of sp³-hybridized carbons (Fsp3) is 0.375. The van der Waals surface area contributed by atoms with Crippen molar-refractivity contribution in [1.29, 1.82) is 0 Å². The van der Waals surface area contributed by atoms with Crippen LogP contribution in [0.25, 0.3) is 16.7 Å². The van der Waals surface area contributed by atoms with E-state index in [0.717, 1.165) is 18.5 Å². The molecule has 0 atom stereocenters. The van der Waals surface area contributed by atoms with Gasteiger partial charge < -0.3 is 10.0 Å². The Morgan fingerprint density at radius 3 is 2.57 bits per heavy atom. The molecule has 3 aromatic heterocycles. The monoisotopic (exact) mass is 477 g/mol. The first-order valence-electron chi connectivity index (χ1n) is 11.7. The highest BCUT2D eigenvalue weighted by Crippen LogP contribution is 2.34. The van der Waals surface area contributed by atoms with Gasteiger partial charge in [-0.1, -0.05) is 0 Å². The third kappa shape index (κ3) is 4.01. The number of rotatable bonds is 5. The van der Waals surface area contributed by atoms with Gasteiger partial charge in [-0.25, -0.2) is 14.1 Å². The Labute approximate surface area is 199 Å². The van der Waals surface area contributed by atoms with Gasteiger partial charge in [-0.15, -0.1) is 0 Å². The van der Waals surface area contributed by atoms with Gasteiger partial charge in [0.25, 0.3) is 11.5 Å². The molecule has 0 bridgehead atoms. The maximum Gasteiger partial charge on any atom is 0.264 e. The summed E-state index contributed by atoms with van der Waals surface area (Å²) in [6.45, 7) is 0.734. The minimum atomic E-state index is -1.15. The number of hydrogen-bond acceptors (Lipinski definition) is 6. The van der Waals surface area contributed by atoms with Crippen molar-refractivity contribution in [2.24, 2.45) is 0 Å². The van der Waals surface area contributed by atoms with Crippen LogP contribution in [0.2, 0.25) is 0 Å². The van der Waals surface area contributed by atoms with E-state index in [1.807, 2.05) is 10.9 Å². The number of amides is 1. The molecule has 10 nitrogen and oxygen atoms in total. The van der Waals surface area contributed by atoms with Gasteiger partial charge in [-0.3, -0.25) is 18.8 Å². The normalized spacial score (nSPS) is 17.7. The van der Waals surface area contributed by atoms with Crippen molar-refractivity contribution < 1.29 is 14.3 Å². The van der Waals surface area contributed by atoms with Crippen molar-refractivity contribution in [3.8, 4) is 5.69 Å². The fourth-order valence-electron chi connectivity index (χ4n) is 4.60. The molecule has 0 radical (unpaired) electrons. The van der Waals surface area contributed by atoms with Gasteiger partial charge in [-0.05, 0) is 49.9 Å². The average molecular weight is 478 g/mol. The number of benzene rings is 1. The van der Waals surface area contributed by atoms with E-state index < -0.39 is 11.4 Å². The minimum Gasteiger partial charge on any atom is -0.388 e. The molecule has 1 saturated heterocycles. The molecule has 0 unspecified atom stereocenters. The van der Waals surface area contributed by atoms with Gasteiger partial charge >= 0.3 is 0 Å². The molecule has 1 amide bonds. The lowest BCUT2D eigenvalue weighted by molar-refractivity contribution is -0.0299. The molecule has 1 aliphatic carbocycles. The molecular formula is C24H24FN7O3. The number of fused-ring (bicyclic) bond motifs is 1. The number of aliphatic hydroxyl groups is 1. The Hall–Kier alpha value is -3.86. The van der Waals surface area contributed by atoms with E-state index >= 15 is 0 Å². The third-order valence-corrected chi connectivity index (χ3v) is 6.85. The van der Waals surface area contributed by atoms with Crippen LogP contribution in [0.15, 0.2) is 54.0 Å². The summed E-state index contributed by atoms with van der Waals surface area (Å²) in [4.78, 5) is 31.9. The highest BCUT2D eigenvalue weighted by molar-refractivity contribution is 5.94. The summed E-state index contributed by atoms with van der Waals surface area (Å²) < 4.78 is 18.1. The van der Waals surface area contributed by atoms with Crippen LogP contribution in [0.1, 0.15) is 42.1 Å². The molecule has 2 fully saturated rings. The second-order valence-electron chi connectivity index (χ2n) is 9.40. The average Bonchev–Trinajstić information content (AvgIpc) is 3.43. The summed E-state index contributed by atoms with van der Waals surface area (Å²) in [7, 11) is 0. The summed E-state index contributed by atoms with van der Waals surface area (Å²) in [5, 5.41) is 20.2. The molecule has 35 heavy (non-hydrogen) atoms. The first-order valence-corrected chi connectivity index (χ1v) is 11.7. The summed E-state index contributed by atoms with van der Waals surface area (Å²) in [6.07, 6.45) is 9.39. The van der Waals surface area contributed by atoms with Crippen molar-refractivity contribution >= 4 is 16.9 Å². The van der Waals surface area contributed by atoms with Gasteiger partial charge in [0, 0.05) is 18.7 Å². The Bertz CT molecular complexity index is 1460. The number of carbonyl (C=O) groups is 1. The number of piperidine rings is 1. The highest BCUT2D eigenvalue weighted by Gasteiger charge is 2.35. The van der Waals surface area contributed by atoms with Crippen LogP contribution in [0.5, 0.6) is 0 Å². The molecular weight excluding hydrogens is 453 g/mol. The molecule has 11 heteroatoms. The van der Waals surface area contributed by atoms with Crippen molar-refractivity contribution in [2.45, 2.75) is 43.9 Å². The van der Waals surface area contributed by atoms with Crippen LogP contribution in [0.4, 0.5) is 4.39 Å². The summed E-state index contributed by atoms with van der Waals surface area (Å²) in [5.74, 6) is -0.603. The SMILES string of the molecule is O=C(c1ccc(F)cc1)N1CCC(O)(Cn2cnc3c(cnn3-c3cnn(C4CC4)c3)c2=O)CC1. The molecule has 4 aromatic rings.